The van der Waals surface area contributed by atoms with Crippen LogP contribution < -0.4 is 5.32 Å². The van der Waals surface area contributed by atoms with Gasteiger partial charge in [0.1, 0.15) is 12.1 Å². The minimum atomic E-state index is -4.68. The van der Waals surface area contributed by atoms with Crippen LogP contribution in [0.3, 0.4) is 0 Å². The summed E-state index contributed by atoms with van der Waals surface area (Å²) in [5, 5.41) is 11.7. The van der Waals surface area contributed by atoms with Crippen molar-refractivity contribution >= 4 is 16.9 Å². The second-order valence-corrected chi connectivity index (χ2v) is 6.03. The molecule has 0 aliphatic rings. The van der Waals surface area contributed by atoms with Crippen molar-refractivity contribution in [3.05, 3.63) is 30.1 Å². The summed E-state index contributed by atoms with van der Waals surface area (Å²) >= 11 is 0. The Labute approximate surface area is 137 Å². The minimum absolute atomic E-state index is 0.157. The van der Waals surface area contributed by atoms with Crippen LogP contribution in [0.15, 0.2) is 24.3 Å². The fourth-order valence-corrected chi connectivity index (χ4v) is 2.23. The summed E-state index contributed by atoms with van der Waals surface area (Å²) < 4.78 is 40.4. The highest BCUT2D eigenvalue weighted by molar-refractivity contribution is 5.81. The molecule has 24 heavy (non-hydrogen) atoms. The van der Waals surface area contributed by atoms with E-state index >= 15 is 0 Å². The monoisotopic (exact) mass is 338 g/mol. The fourth-order valence-electron chi connectivity index (χ4n) is 2.23. The normalized spacial score (nSPS) is 14.4. The number of fused-ring (bicyclic) bond motifs is 1. The average Bonchev–Trinajstić information content (AvgIpc) is 2.86. The number of hydrogen-bond donors (Lipinski definition) is 1. The largest absolute Gasteiger partial charge is 0.449 e. The van der Waals surface area contributed by atoms with Gasteiger partial charge in [-0.25, -0.2) is 4.98 Å². The fraction of sp³-hybridized carbons (Fsp3) is 0.438. The molecule has 0 fully saturated rings. The summed E-state index contributed by atoms with van der Waals surface area (Å²) in [6.45, 7) is 4.46. The number of nitrogens with one attached hydrogen (secondary N) is 1. The first-order valence-electron chi connectivity index (χ1n) is 7.33. The summed E-state index contributed by atoms with van der Waals surface area (Å²) in [6.07, 6.45) is -4.68. The van der Waals surface area contributed by atoms with Gasteiger partial charge in [-0.2, -0.15) is 18.4 Å². The van der Waals surface area contributed by atoms with Gasteiger partial charge < -0.3 is 9.88 Å². The molecule has 1 amide bonds. The average molecular weight is 338 g/mol. The Morgan fingerprint density at radius 2 is 2.00 bits per heavy atom. The smallest absolute Gasteiger partial charge is 0.336 e. The molecule has 1 aromatic heterocycles. The minimum Gasteiger partial charge on any atom is -0.336 e. The number of halogens is 3. The second-order valence-electron chi connectivity index (χ2n) is 6.03. The molecule has 0 aliphatic heterocycles. The van der Waals surface area contributed by atoms with Gasteiger partial charge in [0.2, 0.25) is 11.7 Å². The van der Waals surface area contributed by atoms with Crippen LogP contribution >= 0.6 is 0 Å². The molecule has 1 aromatic carbocycles. The SMILES string of the molecule is CC(C)C(C)(C#N)NC(=O)Cn1c(C(F)(F)F)nc2ccccc21. The van der Waals surface area contributed by atoms with Crippen molar-refractivity contribution in [3.8, 4) is 6.07 Å². The van der Waals surface area contributed by atoms with Gasteiger partial charge in [-0.15, -0.1) is 0 Å². The number of carbonyl (C=O) groups is 1. The second kappa shape index (κ2) is 6.15. The number of imidazole rings is 1. The Kier molecular flexibility index (Phi) is 4.56. The first kappa shape index (κ1) is 17.8. The molecule has 2 aromatic rings. The molecule has 128 valence electrons. The number of benzene rings is 1. The van der Waals surface area contributed by atoms with Crippen molar-refractivity contribution in [3.63, 3.8) is 0 Å². The molecule has 2 rings (SSSR count). The molecule has 0 radical (unpaired) electrons. The molecular weight excluding hydrogens is 321 g/mol. The summed E-state index contributed by atoms with van der Waals surface area (Å²) in [5.74, 6) is -2.02. The predicted molar refractivity (Wildman–Crippen MR) is 81.7 cm³/mol. The zero-order chi connectivity index (χ0) is 18.1. The van der Waals surface area contributed by atoms with Crippen LogP contribution in [0.2, 0.25) is 0 Å². The molecule has 0 saturated heterocycles. The molecular formula is C16H17F3N4O. The van der Waals surface area contributed by atoms with Crippen LogP contribution in [0.4, 0.5) is 13.2 Å². The van der Waals surface area contributed by atoms with Crippen molar-refractivity contribution < 1.29 is 18.0 Å². The first-order chi connectivity index (χ1) is 11.1. The molecule has 1 N–H and O–H groups in total. The first-order valence-corrected chi connectivity index (χ1v) is 7.33. The summed E-state index contributed by atoms with van der Waals surface area (Å²) in [6, 6.07) is 8.06. The van der Waals surface area contributed by atoms with Gasteiger partial charge in [0.25, 0.3) is 0 Å². The van der Waals surface area contributed by atoms with Crippen LogP contribution in [-0.2, 0) is 17.5 Å². The molecule has 8 heteroatoms. The maximum atomic E-state index is 13.2. The van der Waals surface area contributed by atoms with E-state index in [-0.39, 0.29) is 17.0 Å². The molecule has 1 heterocycles. The Hall–Kier alpha value is -2.56. The lowest BCUT2D eigenvalue weighted by Crippen LogP contribution is -2.50. The Balaban J connectivity index is 2.39. The number of nitrogens with zero attached hydrogens (tertiary/aromatic N) is 3. The zero-order valence-electron chi connectivity index (χ0n) is 13.5. The van der Waals surface area contributed by atoms with Gasteiger partial charge in [-0.3, -0.25) is 4.79 Å². The molecule has 0 saturated carbocycles. The van der Waals surface area contributed by atoms with E-state index in [1.54, 1.807) is 26.0 Å². The van der Waals surface area contributed by atoms with Gasteiger partial charge >= 0.3 is 6.18 Å². The lowest BCUT2D eigenvalue weighted by molar-refractivity contribution is -0.147. The number of rotatable bonds is 4. The van der Waals surface area contributed by atoms with Gasteiger partial charge in [0, 0.05) is 0 Å². The quantitative estimate of drug-likeness (QED) is 0.931. The van der Waals surface area contributed by atoms with Crippen LogP contribution in [-0.4, -0.2) is 21.0 Å². The van der Waals surface area contributed by atoms with Gasteiger partial charge in [-0.05, 0) is 25.0 Å². The molecule has 1 unspecified atom stereocenters. The lowest BCUT2D eigenvalue weighted by atomic mass is 9.90. The van der Waals surface area contributed by atoms with Crippen molar-refractivity contribution in [2.45, 2.75) is 39.0 Å². The van der Waals surface area contributed by atoms with E-state index < -0.39 is 30.0 Å². The Morgan fingerprint density at radius 1 is 1.38 bits per heavy atom. The number of aromatic nitrogens is 2. The molecule has 5 nitrogen and oxygen atoms in total. The van der Waals surface area contributed by atoms with Gasteiger partial charge in [-0.1, -0.05) is 26.0 Å². The van der Waals surface area contributed by atoms with Crippen molar-refractivity contribution in [1.82, 2.24) is 14.9 Å². The number of amides is 1. The van der Waals surface area contributed by atoms with E-state index in [0.29, 0.717) is 0 Å². The lowest BCUT2D eigenvalue weighted by Gasteiger charge is -2.27. The molecule has 0 aliphatic carbocycles. The third-order valence-corrected chi connectivity index (χ3v) is 4.00. The molecule has 0 spiro atoms. The highest BCUT2D eigenvalue weighted by atomic mass is 19.4. The zero-order valence-corrected chi connectivity index (χ0v) is 13.5. The predicted octanol–water partition coefficient (Wildman–Crippen LogP) is 3.11. The maximum absolute atomic E-state index is 13.2. The number of nitriles is 1. The Bertz CT molecular complexity index is 804. The van der Waals surface area contributed by atoms with E-state index in [1.807, 2.05) is 6.07 Å². The van der Waals surface area contributed by atoms with Crippen molar-refractivity contribution in [2.75, 3.05) is 0 Å². The number of alkyl halides is 3. The van der Waals surface area contributed by atoms with E-state index in [9.17, 15) is 23.2 Å². The summed E-state index contributed by atoms with van der Waals surface area (Å²) in [5.41, 5.74) is -0.793. The molecule has 1 atom stereocenters. The third kappa shape index (κ3) is 3.35. The van der Waals surface area contributed by atoms with Crippen LogP contribution in [0.5, 0.6) is 0 Å². The van der Waals surface area contributed by atoms with Crippen molar-refractivity contribution in [2.24, 2.45) is 5.92 Å². The van der Waals surface area contributed by atoms with E-state index in [1.165, 1.54) is 19.1 Å². The Morgan fingerprint density at radius 3 is 2.54 bits per heavy atom. The number of carbonyl (C=O) groups excluding carboxylic acids is 1. The highest BCUT2D eigenvalue weighted by Gasteiger charge is 2.38. The topological polar surface area (TPSA) is 70.7 Å². The van der Waals surface area contributed by atoms with Gasteiger partial charge in [0.05, 0.1) is 17.1 Å². The van der Waals surface area contributed by atoms with E-state index in [2.05, 4.69) is 10.3 Å². The molecule has 0 bridgehead atoms. The third-order valence-electron chi connectivity index (χ3n) is 4.00. The van der Waals surface area contributed by atoms with E-state index in [0.717, 1.165) is 4.57 Å². The van der Waals surface area contributed by atoms with Crippen LogP contribution in [0, 0.1) is 17.2 Å². The van der Waals surface area contributed by atoms with Crippen LogP contribution in [0.25, 0.3) is 11.0 Å². The van der Waals surface area contributed by atoms with E-state index in [4.69, 9.17) is 0 Å². The summed E-state index contributed by atoms with van der Waals surface area (Å²) in [4.78, 5) is 15.8. The van der Waals surface area contributed by atoms with Gasteiger partial charge in [0.15, 0.2) is 0 Å². The van der Waals surface area contributed by atoms with Crippen molar-refractivity contribution in [1.29, 1.82) is 5.26 Å². The highest BCUT2D eigenvalue weighted by Crippen LogP contribution is 2.31. The van der Waals surface area contributed by atoms with Crippen LogP contribution in [0.1, 0.15) is 26.6 Å². The summed E-state index contributed by atoms with van der Waals surface area (Å²) in [7, 11) is 0. The standard InChI is InChI=1S/C16H17F3N4O/c1-10(2)15(3,9-20)22-13(24)8-23-12-7-5-4-6-11(12)21-14(23)16(17,18)19/h4-7,10H,8H2,1-3H3,(H,22,24). The number of para-hydroxylation sites is 2. The number of hydrogen-bond acceptors (Lipinski definition) is 3. The maximum Gasteiger partial charge on any atom is 0.449 e.